The van der Waals surface area contributed by atoms with Gasteiger partial charge in [0.2, 0.25) is 5.89 Å². The Kier molecular flexibility index (Phi) is 6.67. The normalized spacial score (nSPS) is 21.2. The van der Waals surface area contributed by atoms with E-state index in [1.54, 1.807) is 0 Å². The van der Waals surface area contributed by atoms with E-state index in [1.165, 1.54) is 25.7 Å². The third kappa shape index (κ3) is 5.17. The van der Waals surface area contributed by atoms with Gasteiger partial charge in [-0.05, 0) is 31.6 Å². The highest BCUT2D eigenvalue weighted by Gasteiger charge is 2.30. The van der Waals surface area contributed by atoms with Crippen molar-refractivity contribution in [3.63, 3.8) is 0 Å². The van der Waals surface area contributed by atoms with Crippen LogP contribution in [0.25, 0.3) is 0 Å². The highest BCUT2D eigenvalue weighted by molar-refractivity contribution is 5.74. The van der Waals surface area contributed by atoms with Crippen LogP contribution in [0.15, 0.2) is 4.52 Å². The largest absolute Gasteiger partial charge is 0.381 e. The molecule has 2 aliphatic rings. The zero-order valence-electron chi connectivity index (χ0n) is 15.2. The molecule has 7 heteroatoms. The van der Waals surface area contributed by atoms with Gasteiger partial charge in [-0.1, -0.05) is 24.9 Å². The maximum absolute atomic E-state index is 12.0. The molecule has 7 nitrogen and oxygen atoms in total. The van der Waals surface area contributed by atoms with Crippen molar-refractivity contribution in [3.8, 4) is 0 Å². The molecule has 1 unspecified atom stereocenters. The van der Waals surface area contributed by atoms with Gasteiger partial charge in [-0.15, -0.1) is 0 Å². The minimum atomic E-state index is 0.00408. The molecule has 0 radical (unpaired) electrons. The predicted molar refractivity (Wildman–Crippen MR) is 93.4 cm³/mol. The molecule has 25 heavy (non-hydrogen) atoms. The summed E-state index contributed by atoms with van der Waals surface area (Å²) < 4.78 is 11.2. The van der Waals surface area contributed by atoms with Crippen LogP contribution in [0.3, 0.4) is 0 Å². The van der Waals surface area contributed by atoms with Gasteiger partial charge in [0, 0.05) is 32.7 Å². The zero-order chi connectivity index (χ0) is 17.5. The third-order valence-corrected chi connectivity index (χ3v) is 5.13. The predicted octanol–water partition coefficient (Wildman–Crippen LogP) is 2.73. The average Bonchev–Trinajstić information content (AvgIpc) is 3.37. The molecule has 1 saturated carbocycles. The molecule has 1 aliphatic carbocycles. The molecule has 2 amide bonds. The molecule has 1 atom stereocenters. The maximum Gasteiger partial charge on any atom is 0.317 e. The van der Waals surface area contributed by atoms with Gasteiger partial charge in [0.05, 0.1) is 12.5 Å². The van der Waals surface area contributed by atoms with Crippen molar-refractivity contribution in [3.05, 3.63) is 11.7 Å². The SMILES string of the molecule is CCCNC(=O)N1CCC(c2nc(CCOCC3CCCC3)no2)C1. The topological polar surface area (TPSA) is 80.5 Å². The number of carbonyl (C=O) groups excluding carboxylic acids is 1. The lowest BCUT2D eigenvalue weighted by Gasteiger charge is -2.16. The lowest BCUT2D eigenvalue weighted by molar-refractivity contribution is 0.102. The van der Waals surface area contributed by atoms with E-state index in [1.807, 2.05) is 11.8 Å². The van der Waals surface area contributed by atoms with Crippen molar-refractivity contribution < 1.29 is 14.1 Å². The minimum absolute atomic E-state index is 0.00408. The van der Waals surface area contributed by atoms with E-state index in [2.05, 4.69) is 15.5 Å². The molecule has 2 fully saturated rings. The van der Waals surface area contributed by atoms with Gasteiger partial charge in [0.15, 0.2) is 5.82 Å². The van der Waals surface area contributed by atoms with Gasteiger partial charge < -0.3 is 19.5 Å². The van der Waals surface area contributed by atoms with Gasteiger partial charge in [-0.2, -0.15) is 4.98 Å². The Bertz CT molecular complexity index is 542. The van der Waals surface area contributed by atoms with Crippen LogP contribution in [0.2, 0.25) is 0 Å². The summed E-state index contributed by atoms with van der Waals surface area (Å²) in [5, 5.41) is 6.98. The van der Waals surface area contributed by atoms with E-state index in [0.717, 1.165) is 31.9 Å². The van der Waals surface area contributed by atoms with Crippen LogP contribution < -0.4 is 5.32 Å². The number of aromatic nitrogens is 2. The molecule has 1 aliphatic heterocycles. The second-order valence-electron chi connectivity index (χ2n) is 7.19. The third-order valence-electron chi connectivity index (χ3n) is 5.13. The monoisotopic (exact) mass is 350 g/mol. The fourth-order valence-electron chi connectivity index (χ4n) is 3.62. The first kappa shape index (κ1) is 18.2. The van der Waals surface area contributed by atoms with Gasteiger partial charge in [-0.25, -0.2) is 4.79 Å². The highest BCUT2D eigenvalue weighted by atomic mass is 16.5. The Balaban J connectivity index is 1.38. The number of amides is 2. The summed E-state index contributed by atoms with van der Waals surface area (Å²) in [5.41, 5.74) is 0. The summed E-state index contributed by atoms with van der Waals surface area (Å²) in [6.45, 7) is 5.65. The average molecular weight is 350 g/mol. The number of rotatable bonds is 8. The van der Waals surface area contributed by atoms with Crippen LogP contribution in [0.4, 0.5) is 4.79 Å². The number of nitrogens with one attached hydrogen (secondary N) is 1. The summed E-state index contributed by atoms with van der Waals surface area (Å²) in [6, 6.07) is 0.00408. The van der Waals surface area contributed by atoms with E-state index in [0.29, 0.717) is 37.8 Å². The molecule has 3 rings (SSSR count). The first-order chi connectivity index (χ1) is 12.3. The van der Waals surface area contributed by atoms with Gasteiger partial charge >= 0.3 is 6.03 Å². The van der Waals surface area contributed by atoms with E-state index in [-0.39, 0.29) is 11.9 Å². The van der Waals surface area contributed by atoms with Crippen molar-refractivity contribution in [1.82, 2.24) is 20.4 Å². The Hall–Kier alpha value is -1.63. The minimum Gasteiger partial charge on any atom is -0.381 e. The standard InChI is InChI=1S/C18H30N4O3/c1-2-9-19-18(23)22-10-7-15(12-22)17-20-16(21-25-17)8-11-24-13-14-5-3-4-6-14/h14-15H,2-13H2,1H3,(H,19,23). The summed E-state index contributed by atoms with van der Waals surface area (Å²) in [6.07, 6.45) is 7.79. The number of carbonyl (C=O) groups is 1. The maximum atomic E-state index is 12.0. The molecule has 1 N–H and O–H groups in total. The second kappa shape index (κ2) is 9.17. The van der Waals surface area contributed by atoms with Crippen molar-refractivity contribution in [1.29, 1.82) is 0 Å². The molecule has 2 heterocycles. The quantitative estimate of drug-likeness (QED) is 0.729. The number of urea groups is 1. The van der Waals surface area contributed by atoms with Gasteiger partial charge in [0.25, 0.3) is 0 Å². The fourth-order valence-corrected chi connectivity index (χ4v) is 3.62. The fraction of sp³-hybridized carbons (Fsp3) is 0.833. The van der Waals surface area contributed by atoms with E-state index in [9.17, 15) is 4.79 Å². The van der Waals surface area contributed by atoms with Crippen molar-refractivity contribution in [2.75, 3.05) is 32.8 Å². The lowest BCUT2D eigenvalue weighted by atomic mass is 10.1. The molecular formula is C18H30N4O3. The summed E-state index contributed by atoms with van der Waals surface area (Å²) in [7, 11) is 0. The Morgan fingerprint density at radius 3 is 3.00 bits per heavy atom. The lowest BCUT2D eigenvalue weighted by Crippen LogP contribution is -2.38. The van der Waals surface area contributed by atoms with E-state index >= 15 is 0 Å². The second-order valence-corrected chi connectivity index (χ2v) is 7.19. The number of nitrogens with zero attached hydrogens (tertiary/aromatic N) is 3. The molecule has 0 bridgehead atoms. The van der Waals surface area contributed by atoms with Crippen LogP contribution >= 0.6 is 0 Å². The molecule has 0 spiro atoms. The molecule has 1 aromatic heterocycles. The van der Waals surface area contributed by atoms with Crippen LogP contribution in [0.1, 0.15) is 63.1 Å². The molecular weight excluding hydrogens is 320 g/mol. The first-order valence-corrected chi connectivity index (χ1v) is 9.69. The number of hydrogen-bond acceptors (Lipinski definition) is 5. The summed E-state index contributed by atoms with van der Waals surface area (Å²) >= 11 is 0. The zero-order valence-corrected chi connectivity index (χ0v) is 15.2. The van der Waals surface area contributed by atoms with Gasteiger partial charge in [0.1, 0.15) is 0 Å². The summed E-state index contributed by atoms with van der Waals surface area (Å²) in [4.78, 5) is 18.3. The van der Waals surface area contributed by atoms with Gasteiger partial charge in [-0.3, -0.25) is 0 Å². The Morgan fingerprint density at radius 1 is 1.36 bits per heavy atom. The van der Waals surface area contributed by atoms with Crippen LogP contribution in [-0.2, 0) is 11.2 Å². The van der Waals surface area contributed by atoms with Crippen LogP contribution in [0.5, 0.6) is 0 Å². The highest BCUT2D eigenvalue weighted by Crippen LogP contribution is 2.26. The molecule has 0 aromatic carbocycles. The molecule has 1 aromatic rings. The molecule has 1 saturated heterocycles. The van der Waals surface area contributed by atoms with Crippen molar-refractivity contribution in [2.24, 2.45) is 5.92 Å². The molecule has 140 valence electrons. The summed E-state index contributed by atoms with van der Waals surface area (Å²) in [5.74, 6) is 2.24. The van der Waals surface area contributed by atoms with E-state index in [4.69, 9.17) is 9.26 Å². The van der Waals surface area contributed by atoms with Crippen molar-refractivity contribution >= 4 is 6.03 Å². The number of likely N-dealkylation sites (tertiary alicyclic amines) is 1. The van der Waals surface area contributed by atoms with E-state index < -0.39 is 0 Å². The smallest absolute Gasteiger partial charge is 0.317 e. The van der Waals surface area contributed by atoms with Crippen LogP contribution in [-0.4, -0.2) is 53.9 Å². The van der Waals surface area contributed by atoms with Crippen molar-refractivity contribution in [2.45, 2.75) is 57.8 Å². The Labute approximate surface area is 149 Å². The first-order valence-electron chi connectivity index (χ1n) is 9.69. The number of ether oxygens (including phenoxy) is 1. The Morgan fingerprint density at radius 2 is 2.20 bits per heavy atom. The number of hydrogen-bond donors (Lipinski definition) is 1. The van der Waals surface area contributed by atoms with Crippen LogP contribution in [0, 0.1) is 5.92 Å².